The molecule has 1 spiro atoms. The summed E-state index contributed by atoms with van der Waals surface area (Å²) < 4.78 is 11.4. The number of rotatable bonds is 3. The predicted octanol–water partition coefficient (Wildman–Crippen LogP) is 1.81. The number of allylic oxidation sites excluding steroid dienone is 1. The van der Waals surface area contributed by atoms with Gasteiger partial charge in [-0.1, -0.05) is 0 Å². The molecule has 4 nitrogen and oxygen atoms in total. The minimum atomic E-state index is -0.259. The molecule has 0 aromatic carbocycles. The Kier molecular flexibility index (Phi) is 3.61. The minimum absolute atomic E-state index is 0.259. The van der Waals surface area contributed by atoms with Gasteiger partial charge in [0.05, 0.1) is 18.9 Å². The van der Waals surface area contributed by atoms with Crippen LogP contribution in [-0.2, 0) is 9.47 Å². The van der Waals surface area contributed by atoms with E-state index in [2.05, 4.69) is 11.7 Å². The summed E-state index contributed by atoms with van der Waals surface area (Å²) in [5.41, 5.74) is 6.37. The van der Waals surface area contributed by atoms with Crippen molar-refractivity contribution < 1.29 is 9.47 Å². The highest BCUT2D eigenvalue weighted by atomic mass is 16.7. The van der Waals surface area contributed by atoms with E-state index < -0.39 is 0 Å². The smallest absolute Gasteiger partial charge is 0.168 e. The highest BCUT2D eigenvalue weighted by Crippen LogP contribution is 2.40. The van der Waals surface area contributed by atoms with Crippen molar-refractivity contribution in [3.05, 3.63) is 11.9 Å². The van der Waals surface area contributed by atoms with Gasteiger partial charge in [0.2, 0.25) is 0 Å². The number of hydrogen-bond acceptors (Lipinski definition) is 4. The van der Waals surface area contributed by atoms with Crippen LogP contribution in [0.4, 0.5) is 0 Å². The average molecular weight is 224 g/mol. The zero-order valence-electron chi connectivity index (χ0n) is 9.65. The first-order valence-corrected chi connectivity index (χ1v) is 5.93. The first kappa shape index (κ1) is 11.6. The van der Waals surface area contributed by atoms with Gasteiger partial charge in [-0.3, -0.25) is 4.99 Å². The number of hydrogen-bond donors (Lipinski definition) is 1. The lowest BCUT2D eigenvalue weighted by Crippen LogP contribution is -2.35. The van der Waals surface area contributed by atoms with Gasteiger partial charge in [-0.15, -0.1) is 0 Å². The number of nitrogens with two attached hydrogens (primary N) is 1. The lowest BCUT2D eigenvalue weighted by molar-refractivity contribution is -0.182. The summed E-state index contributed by atoms with van der Waals surface area (Å²) in [4.78, 5) is 3.91. The predicted molar refractivity (Wildman–Crippen MR) is 63.0 cm³/mol. The van der Waals surface area contributed by atoms with Gasteiger partial charge in [-0.25, -0.2) is 0 Å². The van der Waals surface area contributed by atoms with Crippen molar-refractivity contribution in [2.24, 2.45) is 16.6 Å². The normalized spacial score (nSPS) is 26.1. The number of aliphatic imine (C=N–C) groups is 1. The summed E-state index contributed by atoms with van der Waals surface area (Å²) in [6.07, 6.45) is 6.70. The highest BCUT2D eigenvalue weighted by Gasteiger charge is 2.40. The van der Waals surface area contributed by atoms with Crippen LogP contribution in [0.5, 0.6) is 0 Å². The molecule has 4 heteroatoms. The molecular weight excluding hydrogens is 204 g/mol. The second kappa shape index (κ2) is 4.97. The van der Waals surface area contributed by atoms with Crippen LogP contribution in [0.15, 0.2) is 16.9 Å². The molecule has 0 unspecified atom stereocenters. The zero-order valence-corrected chi connectivity index (χ0v) is 9.65. The Labute approximate surface area is 96.5 Å². The first-order chi connectivity index (χ1) is 7.78. The number of ether oxygens (including phenoxy) is 2. The Morgan fingerprint density at radius 2 is 2.00 bits per heavy atom. The van der Waals surface area contributed by atoms with Gasteiger partial charge in [-0.05, 0) is 31.9 Å². The van der Waals surface area contributed by atoms with Crippen LogP contribution in [0, 0.1) is 5.92 Å². The molecule has 2 fully saturated rings. The Morgan fingerprint density at radius 1 is 1.38 bits per heavy atom. The van der Waals surface area contributed by atoms with Crippen molar-refractivity contribution in [2.45, 2.75) is 37.9 Å². The molecule has 2 aliphatic rings. The maximum absolute atomic E-state index is 5.69. The van der Waals surface area contributed by atoms with E-state index in [0.29, 0.717) is 5.92 Å². The average Bonchev–Trinajstić information content (AvgIpc) is 2.77. The van der Waals surface area contributed by atoms with Crippen LogP contribution >= 0.6 is 0 Å². The monoisotopic (exact) mass is 224 g/mol. The van der Waals surface area contributed by atoms with Gasteiger partial charge in [-0.2, -0.15) is 0 Å². The largest absolute Gasteiger partial charge is 0.403 e. The molecule has 0 radical (unpaired) electrons. The summed E-state index contributed by atoms with van der Waals surface area (Å²) in [7, 11) is 0. The molecule has 16 heavy (non-hydrogen) atoms. The molecule has 1 aliphatic carbocycles. The lowest BCUT2D eigenvalue weighted by atomic mass is 9.82. The van der Waals surface area contributed by atoms with Gasteiger partial charge < -0.3 is 15.2 Å². The Bertz CT molecular complexity index is 273. The molecule has 0 atom stereocenters. The summed E-state index contributed by atoms with van der Waals surface area (Å²) >= 11 is 0. The molecule has 1 saturated carbocycles. The van der Waals surface area contributed by atoms with Crippen LogP contribution in [0.3, 0.4) is 0 Å². The van der Waals surface area contributed by atoms with E-state index in [1.54, 1.807) is 6.20 Å². The zero-order chi connectivity index (χ0) is 11.4. The van der Waals surface area contributed by atoms with Crippen LogP contribution < -0.4 is 5.73 Å². The summed E-state index contributed by atoms with van der Waals surface area (Å²) in [5.74, 6) is 0.378. The lowest BCUT2D eigenvalue weighted by Gasteiger charge is -2.35. The van der Waals surface area contributed by atoms with Gasteiger partial charge in [0.1, 0.15) is 0 Å². The van der Waals surface area contributed by atoms with Crippen molar-refractivity contribution in [1.29, 1.82) is 0 Å². The molecule has 0 bridgehead atoms. The van der Waals surface area contributed by atoms with Gasteiger partial charge in [0.25, 0.3) is 0 Å². The quantitative estimate of drug-likeness (QED) is 0.744. The van der Waals surface area contributed by atoms with Crippen LogP contribution in [0.1, 0.15) is 32.1 Å². The summed E-state index contributed by atoms with van der Waals surface area (Å²) in [6.45, 7) is 5.01. The van der Waals surface area contributed by atoms with Crippen LogP contribution in [-0.4, -0.2) is 25.7 Å². The first-order valence-electron chi connectivity index (χ1n) is 5.93. The Morgan fingerprint density at radius 3 is 2.50 bits per heavy atom. The third-order valence-electron chi connectivity index (χ3n) is 3.57. The molecule has 0 aromatic heterocycles. The van der Waals surface area contributed by atoms with Crippen molar-refractivity contribution in [3.8, 4) is 0 Å². The van der Waals surface area contributed by atoms with Crippen molar-refractivity contribution >= 4 is 6.72 Å². The molecule has 1 aliphatic heterocycles. The van der Waals surface area contributed by atoms with Crippen molar-refractivity contribution in [1.82, 2.24) is 0 Å². The standard InChI is InChI=1S/C12H20N2O2/c1-14-11(9-13)8-10-2-4-12(5-3-10)15-6-7-16-12/h9-10H,1-8,13H2/b11-9-. The van der Waals surface area contributed by atoms with Crippen LogP contribution in [0.2, 0.25) is 0 Å². The van der Waals surface area contributed by atoms with E-state index in [1.165, 1.54) is 0 Å². The van der Waals surface area contributed by atoms with E-state index in [0.717, 1.165) is 51.0 Å². The fourth-order valence-electron chi connectivity index (χ4n) is 2.59. The molecule has 2 N–H and O–H groups in total. The molecule has 2 rings (SSSR count). The topological polar surface area (TPSA) is 56.8 Å². The second-order valence-electron chi connectivity index (χ2n) is 4.57. The number of nitrogens with zero attached hydrogens (tertiary/aromatic N) is 1. The van der Waals surface area contributed by atoms with Crippen LogP contribution in [0.25, 0.3) is 0 Å². The van der Waals surface area contributed by atoms with E-state index in [9.17, 15) is 0 Å². The van der Waals surface area contributed by atoms with Crippen molar-refractivity contribution in [2.75, 3.05) is 13.2 Å². The molecule has 1 saturated heterocycles. The van der Waals surface area contributed by atoms with Crippen molar-refractivity contribution in [3.63, 3.8) is 0 Å². The maximum atomic E-state index is 5.69. The SMILES string of the molecule is C=N/C(=C\N)CC1CCC2(CC1)OCCO2. The van der Waals surface area contributed by atoms with E-state index in [-0.39, 0.29) is 5.79 Å². The minimum Gasteiger partial charge on any atom is -0.403 e. The fourth-order valence-corrected chi connectivity index (χ4v) is 2.59. The molecular formula is C12H20N2O2. The Balaban J connectivity index is 1.83. The molecule has 1 heterocycles. The summed E-state index contributed by atoms with van der Waals surface area (Å²) in [6, 6.07) is 0. The highest BCUT2D eigenvalue weighted by molar-refractivity contribution is 5.28. The summed E-state index contributed by atoms with van der Waals surface area (Å²) in [5, 5.41) is 0. The second-order valence-corrected chi connectivity index (χ2v) is 4.57. The van der Waals surface area contributed by atoms with Gasteiger partial charge >= 0.3 is 0 Å². The maximum Gasteiger partial charge on any atom is 0.168 e. The third kappa shape index (κ3) is 2.44. The van der Waals surface area contributed by atoms with Gasteiger partial charge in [0.15, 0.2) is 5.79 Å². The third-order valence-corrected chi connectivity index (χ3v) is 3.57. The van der Waals surface area contributed by atoms with Gasteiger partial charge in [0, 0.05) is 19.0 Å². The molecule has 0 aromatic rings. The molecule has 90 valence electrons. The van der Waals surface area contributed by atoms with E-state index >= 15 is 0 Å². The molecule has 0 amide bonds. The van der Waals surface area contributed by atoms with E-state index in [1.807, 2.05) is 0 Å². The Hall–Kier alpha value is -0.870. The van der Waals surface area contributed by atoms with E-state index in [4.69, 9.17) is 15.2 Å². The fraction of sp³-hybridized carbons (Fsp3) is 0.750.